The van der Waals surface area contributed by atoms with Crippen LogP contribution in [0.3, 0.4) is 0 Å². The maximum absolute atomic E-state index is 12.8. The van der Waals surface area contributed by atoms with Crippen molar-refractivity contribution in [3.63, 3.8) is 0 Å². The third-order valence-corrected chi connectivity index (χ3v) is 5.09. The number of anilines is 1. The van der Waals surface area contributed by atoms with Crippen LogP contribution in [0.5, 0.6) is 0 Å². The van der Waals surface area contributed by atoms with E-state index in [0.29, 0.717) is 18.1 Å². The zero-order valence-corrected chi connectivity index (χ0v) is 16.4. The molecule has 9 heteroatoms. The smallest absolute Gasteiger partial charge is 0.325 e. The average Bonchev–Trinajstić information content (AvgIpc) is 3.08. The van der Waals surface area contributed by atoms with Crippen molar-refractivity contribution in [2.75, 3.05) is 11.1 Å². The van der Waals surface area contributed by atoms with Crippen LogP contribution in [0, 0.1) is 0 Å². The lowest BCUT2D eigenvalue weighted by Crippen LogP contribution is -2.15. The Hall–Kier alpha value is -2.81. The SMILES string of the molecule is CCn1c(Cc2ccccc2)nnc1SCC(=O)Nc1cccc(C(F)(F)F)c1. The third kappa shape index (κ3) is 5.60. The number of nitrogens with zero attached hydrogens (tertiary/aromatic N) is 3. The molecule has 152 valence electrons. The molecule has 0 saturated heterocycles. The fourth-order valence-corrected chi connectivity index (χ4v) is 3.57. The molecular formula is C20H19F3N4OS. The van der Waals surface area contributed by atoms with Crippen molar-refractivity contribution in [2.45, 2.75) is 31.2 Å². The van der Waals surface area contributed by atoms with E-state index in [1.165, 1.54) is 23.9 Å². The summed E-state index contributed by atoms with van der Waals surface area (Å²) in [5, 5.41) is 11.5. The number of amides is 1. The lowest BCUT2D eigenvalue weighted by Gasteiger charge is -2.10. The maximum atomic E-state index is 12.8. The van der Waals surface area contributed by atoms with Gasteiger partial charge in [0.25, 0.3) is 0 Å². The summed E-state index contributed by atoms with van der Waals surface area (Å²) in [4.78, 5) is 12.2. The van der Waals surface area contributed by atoms with E-state index in [-0.39, 0.29) is 11.4 Å². The molecule has 1 heterocycles. The Morgan fingerprint density at radius 3 is 2.55 bits per heavy atom. The van der Waals surface area contributed by atoms with E-state index in [0.717, 1.165) is 23.5 Å². The third-order valence-electron chi connectivity index (χ3n) is 4.12. The first-order valence-electron chi connectivity index (χ1n) is 8.92. The summed E-state index contributed by atoms with van der Waals surface area (Å²) in [7, 11) is 0. The number of rotatable bonds is 7. The van der Waals surface area contributed by atoms with Gasteiger partial charge in [0, 0.05) is 18.7 Å². The van der Waals surface area contributed by atoms with Crippen molar-refractivity contribution in [3.05, 3.63) is 71.5 Å². The van der Waals surface area contributed by atoms with Gasteiger partial charge in [-0.3, -0.25) is 4.79 Å². The zero-order chi connectivity index (χ0) is 20.9. The molecule has 1 amide bonds. The summed E-state index contributed by atoms with van der Waals surface area (Å²) >= 11 is 1.20. The predicted octanol–water partition coefficient (Wildman–Crippen LogP) is 4.64. The lowest BCUT2D eigenvalue weighted by molar-refractivity contribution is -0.137. The molecule has 3 aromatic rings. The van der Waals surface area contributed by atoms with Gasteiger partial charge in [-0.25, -0.2) is 0 Å². The van der Waals surface area contributed by atoms with Gasteiger partial charge in [-0.2, -0.15) is 13.2 Å². The first-order chi connectivity index (χ1) is 13.9. The average molecular weight is 420 g/mol. The Labute approximate surface area is 170 Å². The topological polar surface area (TPSA) is 59.8 Å². The fourth-order valence-electron chi connectivity index (χ4n) is 2.75. The number of carbonyl (C=O) groups is 1. The summed E-state index contributed by atoms with van der Waals surface area (Å²) in [6.45, 7) is 2.61. The van der Waals surface area contributed by atoms with Crippen LogP contribution in [0.1, 0.15) is 23.9 Å². The Morgan fingerprint density at radius 1 is 1.10 bits per heavy atom. The Bertz CT molecular complexity index is 973. The molecule has 29 heavy (non-hydrogen) atoms. The van der Waals surface area contributed by atoms with Crippen LogP contribution < -0.4 is 5.32 Å². The molecule has 3 rings (SSSR count). The minimum Gasteiger partial charge on any atom is -0.325 e. The minimum absolute atomic E-state index is 0.0136. The summed E-state index contributed by atoms with van der Waals surface area (Å²) in [6, 6.07) is 14.4. The Kier molecular flexibility index (Phi) is 6.58. The number of nitrogens with one attached hydrogen (secondary N) is 1. The van der Waals surface area contributed by atoms with E-state index in [4.69, 9.17) is 0 Å². The van der Waals surface area contributed by atoms with Crippen LogP contribution in [-0.2, 0) is 23.9 Å². The highest BCUT2D eigenvalue weighted by Crippen LogP contribution is 2.30. The highest BCUT2D eigenvalue weighted by Gasteiger charge is 2.30. The summed E-state index contributed by atoms with van der Waals surface area (Å²) in [6.07, 6.45) is -3.83. The molecule has 0 unspecified atom stereocenters. The molecule has 1 aromatic heterocycles. The van der Waals surface area contributed by atoms with Gasteiger partial charge in [0.05, 0.1) is 11.3 Å². The largest absolute Gasteiger partial charge is 0.416 e. The number of hydrogen-bond donors (Lipinski definition) is 1. The molecule has 0 atom stereocenters. The van der Waals surface area contributed by atoms with E-state index in [2.05, 4.69) is 15.5 Å². The second-order valence-corrected chi connectivity index (χ2v) is 7.16. The van der Waals surface area contributed by atoms with E-state index in [1.807, 2.05) is 41.8 Å². The van der Waals surface area contributed by atoms with E-state index in [9.17, 15) is 18.0 Å². The second-order valence-electron chi connectivity index (χ2n) is 6.22. The molecule has 1 N–H and O–H groups in total. The molecule has 0 bridgehead atoms. The summed E-state index contributed by atoms with van der Waals surface area (Å²) in [5.41, 5.74) is 0.403. The van der Waals surface area contributed by atoms with Crippen LogP contribution in [0.2, 0.25) is 0 Å². The quantitative estimate of drug-likeness (QED) is 0.566. The van der Waals surface area contributed by atoms with Gasteiger partial charge in [-0.05, 0) is 30.7 Å². The van der Waals surface area contributed by atoms with E-state index >= 15 is 0 Å². The standard InChI is InChI=1S/C20H19F3N4OS/c1-2-27-17(11-14-7-4-3-5-8-14)25-26-19(27)29-13-18(28)24-16-10-6-9-15(12-16)20(21,22)23/h3-10,12H,2,11,13H2,1H3,(H,24,28). The normalized spacial score (nSPS) is 11.4. The first-order valence-corrected chi connectivity index (χ1v) is 9.91. The Morgan fingerprint density at radius 2 is 1.86 bits per heavy atom. The lowest BCUT2D eigenvalue weighted by atomic mass is 10.1. The number of thioether (sulfide) groups is 1. The summed E-state index contributed by atoms with van der Waals surface area (Å²) in [5.74, 6) is 0.392. The zero-order valence-electron chi connectivity index (χ0n) is 15.6. The highest BCUT2D eigenvalue weighted by atomic mass is 32.2. The van der Waals surface area contributed by atoms with E-state index < -0.39 is 17.6 Å². The molecule has 5 nitrogen and oxygen atoms in total. The van der Waals surface area contributed by atoms with Gasteiger partial charge < -0.3 is 9.88 Å². The van der Waals surface area contributed by atoms with Gasteiger partial charge in [0.1, 0.15) is 5.82 Å². The molecule has 0 radical (unpaired) electrons. The van der Waals surface area contributed by atoms with Crippen LogP contribution in [0.15, 0.2) is 59.8 Å². The second kappa shape index (κ2) is 9.13. The minimum atomic E-state index is -4.46. The number of carbonyl (C=O) groups excluding carboxylic acids is 1. The number of alkyl halides is 3. The van der Waals surface area contributed by atoms with E-state index in [1.54, 1.807) is 0 Å². The van der Waals surface area contributed by atoms with Gasteiger partial charge >= 0.3 is 6.18 Å². The van der Waals surface area contributed by atoms with Gasteiger partial charge in [-0.1, -0.05) is 48.2 Å². The molecule has 0 saturated carbocycles. The number of benzene rings is 2. The van der Waals surface area contributed by atoms with Crippen LogP contribution >= 0.6 is 11.8 Å². The van der Waals surface area contributed by atoms with Crippen molar-refractivity contribution in [1.29, 1.82) is 0 Å². The van der Waals surface area contributed by atoms with Crippen molar-refractivity contribution < 1.29 is 18.0 Å². The monoisotopic (exact) mass is 420 g/mol. The van der Waals surface area contributed by atoms with Gasteiger partial charge in [-0.15, -0.1) is 10.2 Å². The van der Waals surface area contributed by atoms with Crippen molar-refractivity contribution in [2.24, 2.45) is 0 Å². The first kappa shape index (κ1) is 20.9. The molecule has 0 fully saturated rings. The maximum Gasteiger partial charge on any atom is 0.416 e. The van der Waals surface area contributed by atoms with Crippen LogP contribution in [0.4, 0.5) is 18.9 Å². The summed E-state index contributed by atoms with van der Waals surface area (Å²) < 4.78 is 40.3. The predicted molar refractivity (Wildman–Crippen MR) is 106 cm³/mol. The molecule has 0 aliphatic carbocycles. The van der Waals surface area contributed by atoms with Crippen LogP contribution in [0.25, 0.3) is 0 Å². The number of aromatic nitrogens is 3. The van der Waals surface area contributed by atoms with Gasteiger partial charge in [0.15, 0.2) is 5.16 Å². The Balaban J connectivity index is 1.62. The van der Waals surface area contributed by atoms with Gasteiger partial charge in [0.2, 0.25) is 5.91 Å². The fraction of sp³-hybridized carbons (Fsp3) is 0.250. The number of halogens is 3. The van der Waals surface area contributed by atoms with Crippen molar-refractivity contribution in [3.8, 4) is 0 Å². The molecule has 0 aliphatic rings. The molecule has 0 spiro atoms. The van der Waals surface area contributed by atoms with Crippen molar-refractivity contribution >= 4 is 23.4 Å². The molecular weight excluding hydrogens is 401 g/mol. The number of hydrogen-bond acceptors (Lipinski definition) is 4. The highest BCUT2D eigenvalue weighted by molar-refractivity contribution is 7.99. The molecule has 2 aromatic carbocycles. The van der Waals surface area contributed by atoms with Crippen LogP contribution in [-0.4, -0.2) is 26.4 Å². The molecule has 0 aliphatic heterocycles. The van der Waals surface area contributed by atoms with Crippen molar-refractivity contribution in [1.82, 2.24) is 14.8 Å².